The van der Waals surface area contributed by atoms with Crippen molar-refractivity contribution >= 4 is 22.4 Å². The van der Waals surface area contributed by atoms with E-state index in [1.807, 2.05) is 25.1 Å². The Bertz CT molecular complexity index is 805. The summed E-state index contributed by atoms with van der Waals surface area (Å²) < 4.78 is 5.60. The number of aryl methyl sites for hydroxylation is 3. The van der Waals surface area contributed by atoms with Gasteiger partial charge in [0, 0.05) is 4.88 Å². The van der Waals surface area contributed by atoms with Gasteiger partial charge in [-0.2, -0.15) is 0 Å². The minimum absolute atomic E-state index is 0.00262. The van der Waals surface area contributed by atoms with Crippen molar-refractivity contribution in [1.82, 2.24) is 4.98 Å². The van der Waals surface area contributed by atoms with E-state index in [1.165, 1.54) is 16.9 Å². The molecule has 2 aromatic rings. The molecule has 1 aromatic heterocycles. The fourth-order valence-corrected chi connectivity index (χ4v) is 4.38. The first-order chi connectivity index (χ1) is 12.2. The van der Waals surface area contributed by atoms with Crippen LogP contribution in [0, 0.1) is 25.2 Å². The van der Waals surface area contributed by atoms with Crippen molar-refractivity contribution in [3.05, 3.63) is 39.9 Å². The van der Waals surface area contributed by atoms with Crippen LogP contribution in [0.1, 0.15) is 48.9 Å². The number of nitrogens with one attached hydrogen (secondary N) is 1. The second-order valence-corrected chi connectivity index (χ2v) is 9.36. The number of thiazole rings is 1. The minimum atomic E-state index is -0.165. The quantitative estimate of drug-likeness (QED) is 0.828. The number of aromatic nitrogens is 1. The Morgan fingerprint density at radius 2 is 2.08 bits per heavy atom. The lowest BCUT2D eigenvalue weighted by molar-refractivity contribution is -0.118. The largest absolute Gasteiger partial charge is 0.484 e. The van der Waals surface area contributed by atoms with Gasteiger partial charge in [-0.15, -0.1) is 11.3 Å². The summed E-state index contributed by atoms with van der Waals surface area (Å²) in [7, 11) is 0. The second kappa shape index (κ2) is 7.39. The maximum absolute atomic E-state index is 12.2. The Labute approximate surface area is 160 Å². The monoisotopic (exact) mass is 372 g/mol. The van der Waals surface area contributed by atoms with E-state index in [9.17, 15) is 4.79 Å². The zero-order chi connectivity index (χ0) is 18.9. The number of carbonyl (C=O) groups is 1. The van der Waals surface area contributed by atoms with Crippen LogP contribution in [-0.2, 0) is 17.6 Å². The summed E-state index contributed by atoms with van der Waals surface area (Å²) >= 11 is 1.61. The fourth-order valence-electron chi connectivity index (χ4n) is 3.28. The first-order valence-electron chi connectivity index (χ1n) is 9.21. The average Bonchev–Trinajstić information content (AvgIpc) is 2.96. The third kappa shape index (κ3) is 4.44. The van der Waals surface area contributed by atoms with Crippen LogP contribution in [0.3, 0.4) is 0 Å². The number of hydrogen-bond acceptors (Lipinski definition) is 4. The van der Waals surface area contributed by atoms with Crippen molar-refractivity contribution < 1.29 is 9.53 Å². The number of benzene rings is 1. The van der Waals surface area contributed by atoms with Gasteiger partial charge in [-0.05, 0) is 67.7 Å². The van der Waals surface area contributed by atoms with Gasteiger partial charge in [0.1, 0.15) is 5.75 Å². The maximum atomic E-state index is 12.2. The number of rotatable bonds is 4. The summed E-state index contributed by atoms with van der Waals surface area (Å²) in [5.41, 5.74) is 3.83. The van der Waals surface area contributed by atoms with E-state index in [2.05, 4.69) is 38.0 Å². The predicted molar refractivity (Wildman–Crippen MR) is 107 cm³/mol. The summed E-state index contributed by atoms with van der Waals surface area (Å²) in [6, 6.07) is 5.85. The summed E-state index contributed by atoms with van der Waals surface area (Å²) in [5.74, 6) is 1.23. The van der Waals surface area contributed by atoms with Crippen LogP contribution < -0.4 is 10.1 Å². The van der Waals surface area contributed by atoms with Crippen molar-refractivity contribution in [3.63, 3.8) is 0 Å². The van der Waals surface area contributed by atoms with Gasteiger partial charge < -0.3 is 4.74 Å². The molecule has 3 rings (SSSR count). The summed E-state index contributed by atoms with van der Waals surface area (Å²) in [6.45, 7) is 11.0. The predicted octanol–water partition coefficient (Wildman–Crippen LogP) is 4.93. The van der Waals surface area contributed by atoms with Gasteiger partial charge in [-0.3, -0.25) is 10.1 Å². The van der Waals surface area contributed by atoms with Gasteiger partial charge in [0.15, 0.2) is 11.7 Å². The highest BCUT2D eigenvalue weighted by Gasteiger charge is 2.30. The van der Waals surface area contributed by atoms with Crippen molar-refractivity contribution in [1.29, 1.82) is 0 Å². The van der Waals surface area contributed by atoms with E-state index in [-0.39, 0.29) is 12.5 Å². The average molecular weight is 373 g/mol. The molecule has 1 heterocycles. The molecule has 26 heavy (non-hydrogen) atoms. The summed E-state index contributed by atoms with van der Waals surface area (Å²) in [4.78, 5) is 18.1. The van der Waals surface area contributed by atoms with Gasteiger partial charge in [0.25, 0.3) is 5.91 Å². The molecule has 1 atom stereocenters. The van der Waals surface area contributed by atoms with Crippen molar-refractivity contribution in [2.24, 2.45) is 11.3 Å². The second-order valence-electron chi connectivity index (χ2n) is 8.28. The van der Waals surface area contributed by atoms with Crippen LogP contribution >= 0.6 is 11.3 Å². The molecule has 0 saturated heterocycles. The fraction of sp³-hybridized carbons (Fsp3) is 0.524. The normalized spacial score (nSPS) is 16.9. The number of carbonyl (C=O) groups excluding carboxylic acids is 1. The number of nitrogens with zero attached hydrogens (tertiary/aromatic N) is 1. The molecule has 5 heteroatoms. The first kappa shape index (κ1) is 18.9. The Morgan fingerprint density at radius 3 is 2.77 bits per heavy atom. The Morgan fingerprint density at radius 1 is 1.31 bits per heavy atom. The molecule has 4 nitrogen and oxygen atoms in total. The number of hydrogen-bond donors (Lipinski definition) is 1. The lowest BCUT2D eigenvalue weighted by Gasteiger charge is -2.33. The van der Waals surface area contributed by atoms with E-state index in [4.69, 9.17) is 4.74 Å². The topological polar surface area (TPSA) is 51.2 Å². The standard InChI is InChI=1S/C21H28N2O2S/c1-13-6-8-16(10-14(13)2)25-12-19(24)23-20-22-17-9-7-15(21(3,4)5)11-18(17)26-20/h6,8,10,15H,7,9,11-12H2,1-5H3,(H,22,23,24)/t15-/m0/s1. The molecule has 0 unspecified atom stereocenters. The lowest BCUT2D eigenvalue weighted by Crippen LogP contribution is -2.26. The molecule has 0 fully saturated rings. The van der Waals surface area contributed by atoms with E-state index < -0.39 is 0 Å². The molecule has 1 aliphatic carbocycles. The number of ether oxygens (including phenoxy) is 1. The molecular weight excluding hydrogens is 344 g/mol. The van der Waals surface area contributed by atoms with E-state index in [0.29, 0.717) is 16.5 Å². The van der Waals surface area contributed by atoms with Crippen molar-refractivity contribution in [2.75, 3.05) is 11.9 Å². The Hall–Kier alpha value is -1.88. The van der Waals surface area contributed by atoms with Crippen LogP contribution in [0.5, 0.6) is 5.75 Å². The zero-order valence-corrected chi connectivity index (χ0v) is 17.1. The molecule has 1 aromatic carbocycles. The van der Waals surface area contributed by atoms with E-state index in [1.54, 1.807) is 11.3 Å². The lowest BCUT2D eigenvalue weighted by atomic mass is 9.73. The third-order valence-electron chi connectivity index (χ3n) is 5.26. The molecule has 0 aliphatic heterocycles. The van der Waals surface area contributed by atoms with E-state index in [0.717, 1.165) is 29.8 Å². The third-order valence-corrected chi connectivity index (χ3v) is 6.29. The van der Waals surface area contributed by atoms with Crippen LogP contribution in [0.2, 0.25) is 0 Å². The van der Waals surface area contributed by atoms with Crippen LogP contribution in [-0.4, -0.2) is 17.5 Å². The zero-order valence-electron chi connectivity index (χ0n) is 16.3. The first-order valence-corrected chi connectivity index (χ1v) is 10.0. The van der Waals surface area contributed by atoms with Crippen LogP contribution in [0.15, 0.2) is 18.2 Å². The summed E-state index contributed by atoms with van der Waals surface area (Å²) in [6.07, 6.45) is 3.23. The SMILES string of the molecule is Cc1ccc(OCC(=O)Nc2nc3c(s2)C[C@@H](C(C)(C)C)CC3)cc1C. The van der Waals surface area contributed by atoms with Gasteiger partial charge in [0.05, 0.1) is 5.69 Å². The van der Waals surface area contributed by atoms with E-state index >= 15 is 0 Å². The molecule has 0 saturated carbocycles. The molecule has 140 valence electrons. The highest BCUT2D eigenvalue weighted by molar-refractivity contribution is 7.15. The molecule has 1 N–H and O–H groups in total. The van der Waals surface area contributed by atoms with Gasteiger partial charge in [-0.25, -0.2) is 4.98 Å². The van der Waals surface area contributed by atoms with Gasteiger partial charge in [-0.1, -0.05) is 26.8 Å². The number of amides is 1. The van der Waals surface area contributed by atoms with Crippen LogP contribution in [0.25, 0.3) is 0 Å². The molecule has 0 bridgehead atoms. The minimum Gasteiger partial charge on any atom is -0.484 e. The highest BCUT2D eigenvalue weighted by atomic mass is 32.1. The van der Waals surface area contributed by atoms with Crippen LogP contribution in [0.4, 0.5) is 5.13 Å². The smallest absolute Gasteiger partial charge is 0.264 e. The maximum Gasteiger partial charge on any atom is 0.264 e. The molecule has 0 spiro atoms. The summed E-state index contributed by atoms with van der Waals surface area (Å²) in [5, 5.41) is 3.59. The molecule has 1 aliphatic rings. The van der Waals surface area contributed by atoms with Crippen molar-refractivity contribution in [3.8, 4) is 5.75 Å². The highest BCUT2D eigenvalue weighted by Crippen LogP contribution is 2.40. The van der Waals surface area contributed by atoms with Crippen molar-refractivity contribution in [2.45, 2.75) is 53.9 Å². The molecule has 0 radical (unpaired) electrons. The molecule has 1 amide bonds. The van der Waals surface area contributed by atoms with Gasteiger partial charge >= 0.3 is 0 Å². The van der Waals surface area contributed by atoms with Gasteiger partial charge in [0.2, 0.25) is 0 Å². The molecular formula is C21H28N2O2S. The number of fused-ring (bicyclic) bond motifs is 1. The Balaban J connectivity index is 1.57. The Kier molecular flexibility index (Phi) is 5.37. The number of anilines is 1.